The fourth-order valence-electron chi connectivity index (χ4n) is 2.26. The van der Waals surface area contributed by atoms with Gasteiger partial charge in [0.2, 0.25) is 0 Å². The summed E-state index contributed by atoms with van der Waals surface area (Å²) in [7, 11) is 0. The first kappa shape index (κ1) is 14.3. The molecule has 1 aliphatic carbocycles. The van der Waals surface area contributed by atoms with Crippen molar-refractivity contribution in [2.45, 2.75) is 19.8 Å². The van der Waals surface area contributed by atoms with Crippen LogP contribution in [0.3, 0.4) is 0 Å². The zero-order valence-corrected chi connectivity index (χ0v) is 13.5. The molecule has 0 saturated heterocycles. The predicted molar refractivity (Wildman–Crippen MR) is 87.2 cm³/mol. The van der Waals surface area contributed by atoms with Crippen LogP contribution in [0, 0.1) is 12.8 Å². The van der Waals surface area contributed by atoms with Gasteiger partial charge in [0.1, 0.15) is 0 Å². The fraction of sp³-hybridized carbons (Fsp3) is 0.294. The Morgan fingerprint density at radius 3 is 2.81 bits per heavy atom. The molecule has 0 bridgehead atoms. The fourth-order valence-corrected chi connectivity index (χ4v) is 2.66. The van der Waals surface area contributed by atoms with Crippen molar-refractivity contribution in [3.8, 4) is 11.3 Å². The number of nitrogens with one attached hydrogen (secondary N) is 1. The Balaban J connectivity index is 1.80. The summed E-state index contributed by atoms with van der Waals surface area (Å²) < 4.78 is 1.02. The van der Waals surface area contributed by atoms with Crippen LogP contribution in [0.15, 0.2) is 40.9 Å². The Hall–Kier alpha value is -1.68. The second-order valence-electron chi connectivity index (χ2n) is 5.49. The topological polar surface area (TPSA) is 42.0 Å². The van der Waals surface area contributed by atoms with Gasteiger partial charge in [-0.15, -0.1) is 0 Å². The number of carbonyl (C=O) groups is 1. The molecule has 0 spiro atoms. The maximum absolute atomic E-state index is 12.1. The van der Waals surface area contributed by atoms with Gasteiger partial charge in [-0.3, -0.25) is 9.78 Å². The highest BCUT2D eigenvalue weighted by Gasteiger charge is 2.22. The highest BCUT2D eigenvalue weighted by Crippen LogP contribution is 2.28. The molecule has 0 atom stereocenters. The Labute approximate surface area is 132 Å². The Bertz CT molecular complexity index is 680. The number of halogens is 1. The Morgan fingerprint density at radius 1 is 1.33 bits per heavy atom. The van der Waals surface area contributed by atoms with Crippen LogP contribution in [-0.4, -0.2) is 17.4 Å². The van der Waals surface area contributed by atoms with E-state index in [2.05, 4.69) is 26.2 Å². The number of rotatable bonds is 4. The molecule has 0 unspecified atom stereocenters. The van der Waals surface area contributed by atoms with Crippen LogP contribution in [0.1, 0.15) is 28.9 Å². The quantitative estimate of drug-likeness (QED) is 0.911. The third-order valence-corrected chi connectivity index (χ3v) is 4.19. The van der Waals surface area contributed by atoms with Crippen molar-refractivity contribution in [3.05, 3.63) is 52.1 Å². The number of aromatic nitrogens is 1. The minimum absolute atomic E-state index is 0.0207. The van der Waals surface area contributed by atoms with Crippen molar-refractivity contribution in [1.82, 2.24) is 10.3 Å². The Morgan fingerprint density at radius 2 is 2.14 bits per heavy atom. The lowest BCUT2D eigenvalue weighted by Crippen LogP contribution is -2.26. The van der Waals surface area contributed by atoms with Gasteiger partial charge in [0.15, 0.2) is 0 Å². The summed E-state index contributed by atoms with van der Waals surface area (Å²) in [6.07, 6.45) is 2.47. The number of hydrogen-bond acceptors (Lipinski definition) is 2. The van der Waals surface area contributed by atoms with Crippen LogP contribution in [0.5, 0.6) is 0 Å². The third-order valence-electron chi connectivity index (χ3n) is 3.70. The van der Waals surface area contributed by atoms with Crippen molar-refractivity contribution in [2.75, 3.05) is 6.54 Å². The molecule has 1 heterocycles. The number of hydrogen-bond donors (Lipinski definition) is 1. The zero-order valence-electron chi connectivity index (χ0n) is 11.9. The van der Waals surface area contributed by atoms with E-state index in [-0.39, 0.29) is 5.91 Å². The lowest BCUT2D eigenvalue weighted by Gasteiger charge is -2.09. The van der Waals surface area contributed by atoms with Gasteiger partial charge in [0, 0.05) is 16.6 Å². The van der Waals surface area contributed by atoms with Gasteiger partial charge in [0.05, 0.1) is 17.0 Å². The molecule has 3 nitrogen and oxygen atoms in total. The number of aryl methyl sites for hydroxylation is 1. The monoisotopic (exact) mass is 344 g/mol. The molecule has 1 fully saturated rings. The SMILES string of the molecule is Cc1nc(-c2cccc(Br)c2)ccc1C(=O)NCC1CC1. The number of benzene rings is 1. The average molecular weight is 345 g/mol. The molecule has 1 aromatic heterocycles. The van der Waals surface area contributed by atoms with Gasteiger partial charge in [-0.1, -0.05) is 28.1 Å². The first-order chi connectivity index (χ1) is 10.1. The maximum atomic E-state index is 12.1. The second-order valence-corrected chi connectivity index (χ2v) is 6.41. The smallest absolute Gasteiger partial charge is 0.253 e. The molecule has 108 valence electrons. The first-order valence-electron chi connectivity index (χ1n) is 7.15. The zero-order chi connectivity index (χ0) is 14.8. The van der Waals surface area contributed by atoms with Crippen LogP contribution in [0.25, 0.3) is 11.3 Å². The number of nitrogens with zero attached hydrogens (tertiary/aromatic N) is 1. The van der Waals surface area contributed by atoms with Crippen LogP contribution in [0.4, 0.5) is 0 Å². The van der Waals surface area contributed by atoms with E-state index < -0.39 is 0 Å². The molecular formula is C17H17BrN2O. The summed E-state index contributed by atoms with van der Waals surface area (Å²) in [6, 6.07) is 11.8. The van der Waals surface area contributed by atoms with Crippen LogP contribution in [-0.2, 0) is 0 Å². The molecule has 1 saturated carbocycles. The van der Waals surface area contributed by atoms with E-state index in [9.17, 15) is 4.79 Å². The highest BCUT2D eigenvalue weighted by atomic mass is 79.9. The van der Waals surface area contributed by atoms with E-state index in [0.29, 0.717) is 11.5 Å². The molecule has 4 heteroatoms. The summed E-state index contributed by atoms with van der Waals surface area (Å²) in [6.45, 7) is 2.67. The number of pyridine rings is 1. The average Bonchev–Trinajstić information content (AvgIpc) is 3.29. The second kappa shape index (κ2) is 5.98. The number of carbonyl (C=O) groups excluding carboxylic acids is 1. The van der Waals surface area contributed by atoms with E-state index in [1.165, 1.54) is 12.8 Å². The van der Waals surface area contributed by atoms with Crippen molar-refractivity contribution in [1.29, 1.82) is 0 Å². The van der Waals surface area contributed by atoms with Gasteiger partial charge in [-0.2, -0.15) is 0 Å². The van der Waals surface area contributed by atoms with Gasteiger partial charge in [-0.25, -0.2) is 0 Å². The molecular weight excluding hydrogens is 328 g/mol. The minimum atomic E-state index is -0.0207. The van der Waals surface area contributed by atoms with Crippen molar-refractivity contribution < 1.29 is 4.79 Å². The minimum Gasteiger partial charge on any atom is -0.352 e. The largest absolute Gasteiger partial charge is 0.352 e. The molecule has 1 N–H and O–H groups in total. The molecule has 2 aromatic rings. The van der Waals surface area contributed by atoms with Gasteiger partial charge >= 0.3 is 0 Å². The molecule has 1 aromatic carbocycles. The van der Waals surface area contributed by atoms with Gasteiger partial charge in [0.25, 0.3) is 5.91 Å². The number of amides is 1. The maximum Gasteiger partial charge on any atom is 0.253 e. The van der Waals surface area contributed by atoms with Gasteiger partial charge in [-0.05, 0) is 49.9 Å². The molecule has 3 rings (SSSR count). The van der Waals surface area contributed by atoms with E-state index in [0.717, 1.165) is 28.0 Å². The highest BCUT2D eigenvalue weighted by molar-refractivity contribution is 9.10. The summed E-state index contributed by atoms with van der Waals surface area (Å²) in [5, 5.41) is 2.98. The first-order valence-corrected chi connectivity index (χ1v) is 7.94. The lowest BCUT2D eigenvalue weighted by atomic mass is 10.1. The van der Waals surface area contributed by atoms with Crippen molar-refractivity contribution >= 4 is 21.8 Å². The molecule has 0 radical (unpaired) electrons. The van der Waals surface area contributed by atoms with Crippen molar-refractivity contribution in [3.63, 3.8) is 0 Å². The summed E-state index contributed by atoms with van der Waals surface area (Å²) >= 11 is 3.46. The summed E-state index contributed by atoms with van der Waals surface area (Å²) in [4.78, 5) is 16.7. The van der Waals surface area contributed by atoms with Gasteiger partial charge < -0.3 is 5.32 Å². The van der Waals surface area contributed by atoms with Crippen LogP contribution >= 0.6 is 15.9 Å². The van der Waals surface area contributed by atoms with E-state index >= 15 is 0 Å². The predicted octanol–water partition coefficient (Wildman–Crippen LogP) is 3.96. The lowest BCUT2D eigenvalue weighted by molar-refractivity contribution is 0.0951. The van der Waals surface area contributed by atoms with E-state index in [1.54, 1.807) is 0 Å². The molecule has 0 aliphatic heterocycles. The Kier molecular flexibility index (Phi) is 4.06. The summed E-state index contributed by atoms with van der Waals surface area (Å²) in [5.41, 5.74) is 3.35. The van der Waals surface area contributed by atoms with Crippen LogP contribution in [0.2, 0.25) is 0 Å². The van der Waals surface area contributed by atoms with E-state index in [1.807, 2.05) is 43.3 Å². The third kappa shape index (κ3) is 3.50. The normalized spacial score (nSPS) is 14.0. The summed E-state index contributed by atoms with van der Waals surface area (Å²) in [5.74, 6) is 0.663. The molecule has 21 heavy (non-hydrogen) atoms. The molecule has 1 amide bonds. The standard InChI is InChI=1S/C17H17BrN2O/c1-11-15(17(21)19-10-12-5-6-12)7-8-16(20-11)13-3-2-4-14(18)9-13/h2-4,7-9,12H,5-6,10H2,1H3,(H,19,21). The van der Waals surface area contributed by atoms with E-state index in [4.69, 9.17) is 0 Å². The molecule has 1 aliphatic rings. The van der Waals surface area contributed by atoms with Crippen molar-refractivity contribution in [2.24, 2.45) is 5.92 Å². The van der Waals surface area contributed by atoms with Crippen LogP contribution < -0.4 is 5.32 Å².